The molecule has 4 nitrogen and oxygen atoms in total. The molecular weight excluding hydrogens is 309 g/mol. The molecule has 1 N–H and O–H groups in total. The first-order chi connectivity index (χ1) is 7.13. The summed E-state index contributed by atoms with van der Waals surface area (Å²) in [4.78, 5) is 11.5. The van der Waals surface area contributed by atoms with E-state index in [9.17, 15) is 4.79 Å². The van der Waals surface area contributed by atoms with Crippen molar-refractivity contribution in [1.82, 2.24) is 5.32 Å². The van der Waals surface area contributed by atoms with E-state index < -0.39 is 0 Å². The lowest BCUT2D eigenvalue weighted by Crippen LogP contribution is -2.19. The Bertz CT molecular complexity index is 379. The zero-order valence-corrected chi connectivity index (χ0v) is 10.9. The Morgan fingerprint density at radius 2 is 1.80 bits per heavy atom. The van der Waals surface area contributed by atoms with Gasteiger partial charge in [-0.3, -0.25) is 4.79 Å². The van der Waals surface area contributed by atoms with E-state index >= 15 is 0 Å². The van der Waals surface area contributed by atoms with E-state index in [1.54, 1.807) is 33.4 Å². The van der Waals surface area contributed by atoms with Gasteiger partial charge in [-0.25, -0.2) is 0 Å². The summed E-state index contributed by atoms with van der Waals surface area (Å²) < 4.78 is 11.1. The van der Waals surface area contributed by atoms with Crippen LogP contribution in [0.5, 0.6) is 11.5 Å². The minimum atomic E-state index is -0.139. The smallest absolute Gasteiger partial charge is 0.252 e. The lowest BCUT2D eigenvalue weighted by Gasteiger charge is -2.10. The first-order valence-electron chi connectivity index (χ1n) is 4.27. The van der Waals surface area contributed by atoms with Crippen LogP contribution >= 0.6 is 22.6 Å². The number of ether oxygens (including phenoxy) is 2. The molecule has 0 aliphatic rings. The van der Waals surface area contributed by atoms with Gasteiger partial charge in [0, 0.05) is 10.6 Å². The molecule has 0 radical (unpaired) electrons. The van der Waals surface area contributed by atoms with Gasteiger partial charge in [0.25, 0.3) is 5.91 Å². The fourth-order valence-corrected chi connectivity index (χ4v) is 1.85. The highest BCUT2D eigenvalue weighted by Gasteiger charge is 2.13. The Morgan fingerprint density at radius 1 is 1.27 bits per heavy atom. The molecule has 5 heteroatoms. The van der Waals surface area contributed by atoms with E-state index in [2.05, 4.69) is 27.9 Å². The van der Waals surface area contributed by atoms with Crippen LogP contribution in [-0.4, -0.2) is 27.2 Å². The van der Waals surface area contributed by atoms with Crippen LogP contribution in [0.3, 0.4) is 0 Å². The molecule has 1 aromatic carbocycles. The zero-order valence-electron chi connectivity index (χ0n) is 8.76. The second-order valence-electron chi connectivity index (χ2n) is 2.77. The number of nitrogens with one attached hydrogen (secondary N) is 1. The highest BCUT2D eigenvalue weighted by atomic mass is 127. The van der Waals surface area contributed by atoms with Crippen LogP contribution in [0, 0.1) is 3.57 Å². The van der Waals surface area contributed by atoms with Gasteiger partial charge >= 0.3 is 0 Å². The molecule has 0 aliphatic heterocycles. The molecule has 0 unspecified atom stereocenters. The summed E-state index contributed by atoms with van der Waals surface area (Å²) in [5, 5.41) is 2.57. The number of amides is 1. The quantitative estimate of drug-likeness (QED) is 0.862. The Hall–Kier alpha value is -0.980. The van der Waals surface area contributed by atoms with Crippen molar-refractivity contribution in [1.29, 1.82) is 0 Å². The number of methoxy groups -OCH3 is 2. The Balaban J connectivity index is 3.25. The van der Waals surface area contributed by atoms with Gasteiger partial charge in [-0.05, 0) is 34.7 Å². The number of rotatable bonds is 3. The predicted molar refractivity (Wildman–Crippen MR) is 65.7 cm³/mol. The Labute approximate surface area is 102 Å². The van der Waals surface area contributed by atoms with Crippen LogP contribution in [0.1, 0.15) is 10.4 Å². The summed E-state index contributed by atoms with van der Waals surface area (Å²) in [6, 6.07) is 3.43. The van der Waals surface area contributed by atoms with E-state index in [-0.39, 0.29) is 5.91 Å². The fraction of sp³-hybridized carbons (Fsp3) is 0.300. The minimum Gasteiger partial charge on any atom is -0.493 e. The molecular formula is C10H12INO3. The molecule has 0 spiro atoms. The van der Waals surface area contributed by atoms with E-state index in [0.717, 1.165) is 3.57 Å². The summed E-state index contributed by atoms with van der Waals surface area (Å²) in [5.74, 6) is 1.03. The zero-order chi connectivity index (χ0) is 11.4. The van der Waals surface area contributed by atoms with Gasteiger partial charge in [-0.2, -0.15) is 0 Å². The van der Waals surface area contributed by atoms with Crippen molar-refractivity contribution in [3.05, 3.63) is 21.3 Å². The van der Waals surface area contributed by atoms with E-state index in [4.69, 9.17) is 9.47 Å². The SMILES string of the molecule is CNC(=O)c1cc(OC)c(OC)cc1I. The largest absolute Gasteiger partial charge is 0.493 e. The van der Waals surface area contributed by atoms with Gasteiger partial charge in [0.05, 0.1) is 19.8 Å². The lowest BCUT2D eigenvalue weighted by molar-refractivity contribution is 0.0962. The van der Waals surface area contributed by atoms with Crippen LogP contribution in [0.2, 0.25) is 0 Å². The predicted octanol–water partition coefficient (Wildman–Crippen LogP) is 1.67. The molecule has 0 aromatic heterocycles. The van der Waals surface area contributed by atoms with Crippen LogP contribution in [0.4, 0.5) is 0 Å². The van der Waals surface area contributed by atoms with Crippen molar-refractivity contribution >= 4 is 28.5 Å². The molecule has 1 aromatic rings. The maximum absolute atomic E-state index is 11.5. The highest BCUT2D eigenvalue weighted by Crippen LogP contribution is 2.31. The molecule has 0 fully saturated rings. The van der Waals surface area contributed by atoms with E-state index in [0.29, 0.717) is 17.1 Å². The standard InChI is InChI=1S/C10H12INO3/c1-12-10(13)6-4-8(14-2)9(15-3)5-7(6)11/h4-5H,1-3H3,(H,12,13). The first-order valence-corrected chi connectivity index (χ1v) is 5.35. The van der Waals surface area contributed by atoms with Gasteiger partial charge < -0.3 is 14.8 Å². The molecule has 0 saturated heterocycles. The molecule has 0 atom stereocenters. The minimum absolute atomic E-state index is 0.139. The van der Waals surface area contributed by atoms with Crippen LogP contribution < -0.4 is 14.8 Å². The first kappa shape index (κ1) is 12.1. The molecule has 82 valence electrons. The van der Waals surface area contributed by atoms with Crippen LogP contribution in [-0.2, 0) is 0 Å². The topological polar surface area (TPSA) is 47.6 Å². The third-order valence-electron chi connectivity index (χ3n) is 1.94. The number of carbonyl (C=O) groups is 1. The van der Waals surface area contributed by atoms with Crippen molar-refractivity contribution < 1.29 is 14.3 Å². The number of benzene rings is 1. The number of hydrogen-bond acceptors (Lipinski definition) is 3. The van der Waals surface area contributed by atoms with Gasteiger partial charge in [0.15, 0.2) is 11.5 Å². The third kappa shape index (κ3) is 2.53. The van der Waals surface area contributed by atoms with Crippen LogP contribution in [0.25, 0.3) is 0 Å². The molecule has 0 aliphatic carbocycles. The van der Waals surface area contributed by atoms with Crippen molar-refractivity contribution in [3.8, 4) is 11.5 Å². The van der Waals surface area contributed by atoms with Crippen molar-refractivity contribution in [2.75, 3.05) is 21.3 Å². The van der Waals surface area contributed by atoms with Crippen molar-refractivity contribution in [2.24, 2.45) is 0 Å². The van der Waals surface area contributed by atoms with Crippen LogP contribution in [0.15, 0.2) is 12.1 Å². The average molecular weight is 321 g/mol. The second-order valence-corrected chi connectivity index (χ2v) is 3.93. The maximum atomic E-state index is 11.5. The molecule has 1 amide bonds. The van der Waals surface area contributed by atoms with Gasteiger partial charge in [-0.15, -0.1) is 0 Å². The van der Waals surface area contributed by atoms with E-state index in [1.807, 2.05) is 0 Å². The lowest BCUT2D eigenvalue weighted by atomic mass is 10.2. The molecule has 0 bridgehead atoms. The van der Waals surface area contributed by atoms with Gasteiger partial charge in [0.2, 0.25) is 0 Å². The maximum Gasteiger partial charge on any atom is 0.252 e. The summed E-state index contributed by atoms with van der Waals surface area (Å²) in [5.41, 5.74) is 0.579. The Morgan fingerprint density at radius 3 is 2.27 bits per heavy atom. The number of halogens is 1. The molecule has 0 saturated carbocycles. The number of carbonyl (C=O) groups excluding carboxylic acids is 1. The van der Waals surface area contributed by atoms with Gasteiger partial charge in [0.1, 0.15) is 0 Å². The fourth-order valence-electron chi connectivity index (χ4n) is 1.16. The van der Waals surface area contributed by atoms with Gasteiger partial charge in [-0.1, -0.05) is 0 Å². The Kier molecular flexibility index (Phi) is 4.19. The number of hydrogen-bond donors (Lipinski definition) is 1. The highest BCUT2D eigenvalue weighted by molar-refractivity contribution is 14.1. The summed E-state index contributed by atoms with van der Waals surface area (Å²) in [6.45, 7) is 0. The summed E-state index contributed by atoms with van der Waals surface area (Å²) in [6.07, 6.45) is 0. The summed E-state index contributed by atoms with van der Waals surface area (Å²) >= 11 is 2.08. The summed E-state index contributed by atoms with van der Waals surface area (Å²) in [7, 11) is 4.70. The average Bonchev–Trinajstić information content (AvgIpc) is 2.27. The van der Waals surface area contributed by atoms with Crippen molar-refractivity contribution in [3.63, 3.8) is 0 Å². The third-order valence-corrected chi connectivity index (χ3v) is 2.84. The molecule has 0 heterocycles. The second kappa shape index (κ2) is 5.20. The normalized spacial score (nSPS) is 9.60. The molecule has 15 heavy (non-hydrogen) atoms. The van der Waals surface area contributed by atoms with E-state index in [1.165, 1.54) is 0 Å². The molecule has 1 rings (SSSR count). The van der Waals surface area contributed by atoms with Crippen molar-refractivity contribution in [2.45, 2.75) is 0 Å². The monoisotopic (exact) mass is 321 g/mol.